The molecule has 20 heavy (non-hydrogen) atoms. The van der Waals surface area contributed by atoms with Crippen LogP contribution < -0.4 is 5.32 Å². The Morgan fingerprint density at radius 1 is 0.950 bits per heavy atom. The minimum absolute atomic E-state index is 0.343. The van der Waals surface area contributed by atoms with Crippen molar-refractivity contribution in [2.75, 3.05) is 6.54 Å². The third-order valence-corrected chi connectivity index (χ3v) is 3.04. The van der Waals surface area contributed by atoms with Gasteiger partial charge in [-0.3, -0.25) is 0 Å². The van der Waals surface area contributed by atoms with E-state index in [4.69, 9.17) is 0 Å². The summed E-state index contributed by atoms with van der Waals surface area (Å²) in [4.78, 5) is 0. The second-order valence-electron chi connectivity index (χ2n) is 4.61. The summed E-state index contributed by atoms with van der Waals surface area (Å²) in [6, 6.07) is 8.03. The molecule has 106 valence electrons. The topological polar surface area (TPSA) is 12.0 Å². The first-order valence-electron chi connectivity index (χ1n) is 6.56. The van der Waals surface area contributed by atoms with Crippen molar-refractivity contribution < 1.29 is 13.2 Å². The standard InChI is InChI=1S/C16H16F3N/c1-2-7-20-10-12-8-13(17)4-5-14(12)11-3-6-15(18)16(19)9-11/h3-6,8-9,20H,2,7,10H2,1H3. The van der Waals surface area contributed by atoms with Gasteiger partial charge in [0.15, 0.2) is 11.6 Å². The van der Waals surface area contributed by atoms with Crippen LogP contribution in [0.1, 0.15) is 18.9 Å². The van der Waals surface area contributed by atoms with Gasteiger partial charge < -0.3 is 5.32 Å². The van der Waals surface area contributed by atoms with Crippen LogP contribution >= 0.6 is 0 Å². The molecule has 0 unspecified atom stereocenters. The average molecular weight is 279 g/mol. The average Bonchev–Trinajstić information content (AvgIpc) is 2.43. The predicted molar refractivity (Wildman–Crippen MR) is 73.7 cm³/mol. The van der Waals surface area contributed by atoms with Crippen molar-refractivity contribution in [3.05, 3.63) is 59.4 Å². The molecule has 1 N–H and O–H groups in total. The molecule has 4 heteroatoms. The Morgan fingerprint density at radius 2 is 1.75 bits per heavy atom. The Hall–Kier alpha value is -1.81. The van der Waals surface area contributed by atoms with Crippen molar-refractivity contribution in [1.29, 1.82) is 0 Å². The Balaban J connectivity index is 2.36. The van der Waals surface area contributed by atoms with Crippen LogP contribution in [0.2, 0.25) is 0 Å². The highest BCUT2D eigenvalue weighted by Gasteiger charge is 2.09. The summed E-state index contributed by atoms with van der Waals surface area (Å²) in [7, 11) is 0. The van der Waals surface area contributed by atoms with Gasteiger partial charge in [-0.2, -0.15) is 0 Å². The van der Waals surface area contributed by atoms with E-state index in [2.05, 4.69) is 5.32 Å². The van der Waals surface area contributed by atoms with E-state index in [0.29, 0.717) is 17.7 Å². The summed E-state index contributed by atoms with van der Waals surface area (Å²) in [5.74, 6) is -2.13. The molecule has 0 aromatic heterocycles. The summed E-state index contributed by atoms with van der Waals surface area (Å²) < 4.78 is 39.7. The molecule has 0 spiro atoms. The van der Waals surface area contributed by atoms with Crippen molar-refractivity contribution >= 4 is 0 Å². The summed E-state index contributed by atoms with van der Waals surface area (Å²) in [6.45, 7) is 3.34. The molecule has 0 heterocycles. The van der Waals surface area contributed by atoms with E-state index < -0.39 is 11.6 Å². The zero-order valence-electron chi connectivity index (χ0n) is 11.2. The smallest absolute Gasteiger partial charge is 0.159 e. The highest BCUT2D eigenvalue weighted by Crippen LogP contribution is 2.26. The van der Waals surface area contributed by atoms with Crippen LogP contribution in [-0.2, 0) is 6.54 Å². The SMILES string of the molecule is CCCNCc1cc(F)ccc1-c1ccc(F)c(F)c1. The number of halogens is 3. The lowest BCUT2D eigenvalue weighted by Crippen LogP contribution is -2.14. The molecule has 2 aromatic carbocycles. The zero-order valence-corrected chi connectivity index (χ0v) is 11.2. The van der Waals surface area contributed by atoms with Crippen molar-refractivity contribution in [3.63, 3.8) is 0 Å². The molecule has 1 nitrogen and oxygen atoms in total. The van der Waals surface area contributed by atoms with Crippen LogP contribution in [0, 0.1) is 17.5 Å². The van der Waals surface area contributed by atoms with Gasteiger partial charge in [0, 0.05) is 6.54 Å². The number of hydrogen-bond donors (Lipinski definition) is 1. The first kappa shape index (κ1) is 14.6. The molecule has 0 atom stereocenters. The van der Waals surface area contributed by atoms with E-state index in [9.17, 15) is 13.2 Å². The monoisotopic (exact) mass is 279 g/mol. The molecular weight excluding hydrogens is 263 g/mol. The fourth-order valence-corrected chi connectivity index (χ4v) is 2.05. The van der Waals surface area contributed by atoms with Crippen molar-refractivity contribution in [1.82, 2.24) is 5.32 Å². The molecule has 0 bridgehead atoms. The van der Waals surface area contributed by atoms with Gasteiger partial charge in [0.1, 0.15) is 5.82 Å². The maximum Gasteiger partial charge on any atom is 0.159 e. The fraction of sp³-hybridized carbons (Fsp3) is 0.250. The Kier molecular flexibility index (Phi) is 4.79. The van der Waals surface area contributed by atoms with E-state index >= 15 is 0 Å². The summed E-state index contributed by atoms with van der Waals surface area (Å²) in [6.07, 6.45) is 0.968. The Bertz CT molecular complexity index is 596. The third kappa shape index (κ3) is 3.39. The molecule has 2 aromatic rings. The number of benzene rings is 2. The summed E-state index contributed by atoms with van der Waals surface area (Å²) in [5.41, 5.74) is 1.97. The second-order valence-corrected chi connectivity index (χ2v) is 4.61. The number of hydrogen-bond acceptors (Lipinski definition) is 1. The van der Waals surface area contributed by atoms with E-state index in [1.807, 2.05) is 6.92 Å². The van der Waals surface area contributed by atoms with Gasteiger partial charge >= 0.3 is 0 Å². The normalized spacial score (nSPS) is 10.8. The molecule has 2 rings (SSSR count). The first-order chi connectivity index (χ1) is 9.61. The first-order valence-corrected chi connectivity index (χ1v) is 6.56. The second kappa shape index (κ2) is 6.57. The van der Waals surface area contributed by atoms with Crippen LogP contribution in [-0.4, -0.2) is 6.54 Å². The minimum atomic E-state index is -0.903. The van der Waals surface area contributed by atoms with Crippen molar-refractivity contribution in [3.8, 4) is 11.1 Å². The molecule has 0 aliphatic carbocycles. The third-order valence-electron chi connectivity index (χ3n) is 3.04. The van der Waals surface area contributed by atoms with Gasteiger partial charge in [0.25, 0.3) is 0 Å². The van der Waals surface area contributed by atoms with Gasteiger partial charge in [-0.1, -0.05) is 19.1 Å². The lowest BCUT2D eigenvalue weighted by molar-refractivity contribution is 0.509. The van der Waals surface area contributed by atoms with E-state index in [0.717, 1.165) is 30.7 Å². The van der Waals surface area contributed by atoms with Crippen LogP contribution in [0.5, 0.6) is 0 Å². The molecule has 0 fully saturated rings. The van der Waals surface area contributed by atoms with Crippen LogP contribution in [0.4, 0.5) is 13.2 Å². The molecule has 0 saturated carbocycles. The quantitative estimate of drug-likeness (QED) is 0.806. The zero-order chi connectivity index (χ0) is 14.5. The molecular formula is C16H16F3N. The summed E-state index contributed by atoms with van der Waals surface area (Å²) >= 11 is 0. The molecule has 0 radical (unpaired) electrons. The Labute approximate surface area is 116 Å². The molecule has 0 aliphatic heterocycles. The maximum absolute atomic E-state index is 13.4. The Morgan fingerprint density at radius 3 is 2.45 bits per heavy atom. The highest BCUT2D eigenvalue weighted by atomic mass is 19.2. The number of rotatable bonds is 5. The van der Waals surface area contributed by atoms with Gasteiger partial charge in [-0.05, 0) is 53.9 Å². The van der Waals surface area contributed by atoms with E-state index in [1.54, 1.807) is 6.07 Å². The molecule has 0 saturated heterocycles. The maximum atomic E-state index is 13.4. The predicted octanol–water partition coefficient (Wildman–Crippen LogP) is 4.27. The number of nitrogens with one attached hydrogen (secondary N) is 1. The largest absolute Gasteiger partial charge is 0.313 e. The van der Waals surface area contributed by atoms with Gasteiger partial charge in [0.2, 0.25) is 0 Å². The van der Waals surface area contributed by atoms with E-state index in [-0.39, 0.29) is 5.82 Å². The fourth-order valence-electron chi connectivity index (χ4n) is 2.05. The van der Waals surface area contributed by atoms with E-state index in [1.165, 1.54) is 18.2 Å². The highest BCUT2D eigenvalue weighted by molar-refractivity contribution is 5.67. The minimum Gasteiger partial charge on any atom is -0.313 e. The van der Waals surface area contributed by atoms with Gasteiger partial charge in [-0.25, -0.2) is 13.2 Å². The van der Waals surface area contributed by atoms with Gasteiger partial charge in [0.05, 0.1) is 0 Å². The molecule has 0 aliphatic rings. The van der Waals surface area contributed by atoms with Crippen molar-refractivity contribution in [2.45, 2.75) is 19.9 Å². The lowest BCUT2D eigenvalue weighted by Gasteiger charge is -2.11. The van der Waals surface area contributed by atoms with Crippen LogP contribution in [0.25, 0.3) is 11.1 Å². The molecule has 0 amide bonds. The lowest BCUT2D eigenvalue weighted by atomic mass is 9.99. The van der Waals surface area contributed by atoms with Crippen LogP contribution in [0.15, 0.2) is 36.4 Å². The summed E-state index contributed by atoms with van der Waals surface area (Å²) in [5, 5.41) is 3.18. The van der Waals surface area contributed by atoms with Gasteiger partial charge in [-0.15, -0.1) is 0 Å². The van der Waals surface area contributed by atoms with Crippen LogP contribution in [0.3, 0.4) is 0 Å². The van der Waals surface area contributed by atoms with Crippen molar-refractivity contribution in [2.24, 2.45) is 0 Å².